The van der Waals surface area contributed by atoms with Crippen molar-refractivity contribution in [3.8, 4) is 5.75 Å². The normalized spacial score (nSPS) is 12.4. The van der Waals surface area contributed by atoms with E-state index in [2.05, 4.69) is 19.2 Å². The van der Waals surface area contributed by atoms with Gasteiger partial charge in [-0.05, 0) is 50.1 Å². The van der Waals surface area contributed by atoms with E-state index in [1.807, 2.05) is 0 Å². The maximum absolute atomic E-state index is 13.1. The van der Waals surface area contributed by atoms with E-state index in [1.54, 1.807) is 19.1 Å². The van der Waals surface area contributed by atoms with Crippen LogP contribution in [0.25, 0.3) is 0 Å². The highest BCUT2D eigenvalue weighted by Crippen LogP contribution is 2.16. The number of nitrogens with one attached hydrogen (secondary N) is 1. The Morgan fingerprint density at radius 2 is 2.06 bits per heavy atom. The Hall–Kier alpha value is -1.09. The molecule has 0 saturated heterocycles. The largest absolute Gasteiger partial charge is 0.492 e. The van der Waals surface area contributed by atoms with Gasteiger partial charge in [-0.2, -0.15) is 0 Å². The second kappa shape index (κ2) is 8.09. The Morgan fingerprint density at radius 1 is 1.28 bits per heavy atom. The predicted molar refractivity (Wildman–Crippen MR) is 73.6 cm³/mol. The summed E-state index contributed by atoms with van der Waals surface area (Å²) < 4.78 is 18.8. The van der Waals surface area contributed by atoms with Crippen LogP contribution in [-0.4, -0.2) is 19.2 Å². The Morgan fingerprint density at radius 3 is 2.67 bits per heavy atom. The molecule has 18 heavy (non-hydrogen) atoms. The van der Waals surface area contributed by atoms with E-state index < -0.39 is 0 Å². The van der Waals surface area contributed by atoms with Crippen LogP contribution < -0.4 is 10.1 Å². The number of rotatable bonds is 8. The van der Waals surface area contributed by atoms with Crippen LogP contribution >= 0.6 is 0 Å². The predicted octanol–water partition coefficient (Wildman–Crippen LogP) is 3.68. The molecule has 0 aromatic heterocycles. The van der Waals surface area contributed by atoms with Gasteiger partial charge in [0.2, 0.25) is 0 Å². The van der Waals surface area contributed by atoms with E-state index in [4.69, 9.17) is 4.74 Å². The van der Waals surface area contributed by atoms with Gasteiger partial charge < -0.3 is 10.1 Å². The molecule has 2 nitrogen and oxygen atoms in total. The quantitative estimate of drug-likeness (QED) is 0.763. The lowest BCUT2D eigenvalue weighted by Crippen LogP contribution is -2.35. The monoisotopic (exact) mass is 253 g/mol. The summed E-state index contributed by atoms with van der Waals surface area (Å²) in [6.07, 6.45) is 3.35. The van der Waals surface area contributed by atoms with E-state index in [1.165, 1.54) is 6.07 Å². The third-order valence-electron chi connectivity index (χ3n) is 2.90. The zero-order chi connectivity index (χ0) is 13.4. The summed E-state index contributed by atoms with van der Waals surface area (Å²) in [4.78, 5) is 0. The highest BCUT2D eigenvalue weighted by atomic mass is 19.1. The van der Waals surface area contributed by atoms with Crippen molar-refractivity contribution in [2.45, 2.75) is 46.1 Å². The minimum Gasteiger partial charge on any atom is -0.492 e. The molecule has 0 aliphatic carbocycles. The first-order valence-corrected chi connectivity index (χ1v) is 6.79. The molecular weight excluding hydrogens is 229 g/mol. The average molecular weight is 253 g/mol. The van der Waals surface area contributed by atoms with Crippen LogP contribution in [0.1, 0.15) is 38.7 Å². The summed E-state index contributed by atoms with van der Waals surface area (Å²) in [6, 6.07) is 5.27. The summed E-state index contributed by atoms with van der Waals surface area (Å²) >= 11 is 0. The average Bonchev–Trinajstić information content (AvgIpc) is 2.37. The Bertz CT molecular complexity index is 354. The Labute approximate surface area is 110 Å². The third kappa shape index (κ3) is 5.05. The topological polar surface area (TPSA) is 21.3 Å². The third-order valence-corrected chi connectivity index (χ3v) is 2.90. The molecule has 0 fully saturated rings. The first kappa shape index (κ1) is 15.0. The molecule has 1 aromatic carbocycles. The molecule has 0 spiro atoms. The van der Waals surface area contributed by atoms with Crippen molar-refractivity contribution in [1.82, 2.24) is 5.32 Å². The summed E-state index contributed by atoms with van der Waals surface area (Å²) in [7, 11) is 0. The molecule has 0 saturated carbocycles. The lowest BCUT2D eigenvalue weighted by atomic mass is 10.1. The fraction of sp³-hybridized carbons (Fsp3) is 0.600. The van der Waals surface area contributed by atoms with Crippen molar-refractivity contribution in [2.75, 3.05) is 13.2 Å². The van der Waals surface area contributed by atoms with Gasteiger partial charge in [0.05, 0.1) is 0 Å². The SMILES string of the molecule is CCCNC(CCC)COc1ccc(F)c(C)c1. The van der Waals surface area contributed by atoms with Crippen molar-refractivity contribution in [3.05, 3.63) is 29.6 Å². The molecule has 102 valence electrons. The highest BCUT2D eigenvalue weighted by Gasteiger charge is 2.08. The van der Waals surface area contributed by atoms with Gasteiger partial charge in [0.15, 0.2) is 0 Å². The minimum absolute atomic E-state index is 0.184. The summed E-state index contributed by atoms with van der Waals surface area (Å²) in [5.74, 6) is 0.560. The molecule has 1 unspecified atom stereocenters. The summed E-state index contributed by atoms with van der Waals surface area (Å²) in [5.41, 5.74) is 0.626. The number of halogens is 1. The molecule has 0 heterocycles. The van der Waals surface area contributed by atoms with Gasteiger partial charge in [0, 0.05) is 6.04 Å². The van der Waals surface area contributed by atoms with Crippen LogP contribution in [0.2, 0.25) is 0 Å². The van der Waals surface area contributed by atoms with Crippen molar-refractivity contribution in [2.24, 2.45) is 0 Å². The zero-order valence-electron chi connectivity index (χ0n) is 11.6. The van der Waals surface area contributed by atoms with Crippen molar-refractivity contribution in [3.63, 3.8) is 0 Å². The molecule has 1 atom stereocenters. The lowest BCUT2D eigenvalue weighted by Gasteiger charge is -2.18. The van der Waals surface area contributed by atoms with Gasteiger partial charge in [-0.25, -0.2) is 4.39 Å². The maximum atomic E-state index is 13.1. The molecule has 0 aliphatic heterocycles. The summed E-state index contributed by atoms with van der Waals surface area (Å²) in [6.45, 7) is 7.72. The van der Waals surface area contributed by atoms with Crippen LogP contribution in [0.5, 0.6) is 5.75 Å². The van der Waals surface area contributed by atoms with Crippen molar-refractivity contribution < 1.29 is 9.13 Å². The smallest absolute Gasteiger partial charge is 0.126 e. The van der Waals surface area contributed by atoms with Crippen LogP contribution in [0.3, 0.4) is 0 Å². The maximum Gasteiger partial charge on any atom is 0.126 e. The van der Waals surface area contributed by atoms with Gasteiger partial charge in [-0.1, -0.05) is 20.3 Å². The number of hydrogen-bond donors (Lipinski definition) is 1. The molecule has 0 radical (unpaired) electrons. The molecular formula is C15H24FNO. The van der Waals surface area contributed by atoms with Gasteiger partial charge in [-0.3, -0.25) is 0 Å². The van der Waals surface area contributed by atoms with Gasteiger partial charge in [-0.15, -0.1) is 0 Å². The summed E-state index contributed by atoms with van der Waals surface area (Å²) in [5, 5.41) is 3.47. The number of aryl methyl sites for hydroxylation is 1. The standard InChI is InChI=1S/C15H24FNO/c1-4-6-13(17-9-5-2)11-18-14-7-8-15(16)12(3)10-14/h7-8,10,13,17H,4-6,9,11H2,1-3H3. The van der Waals surface area contributed by atoms with E-state index in [9.17, 15) is 4.39 Å². The fourth-order valence-electron chi connectivity index (χ4n) is 1.85. The molecule has 1 rings (SSSR count). The van der Waals surface area contributed by atoms with E-state index in [0.717, 1.165) is 31.6 Å². The van der Waals surface area contributed by atoms with Crippen LogP contribution in [0.4, 0.5) is 4.39 Å². The highest BCUT2D eigenvalue weighted by molar-refractivity contribution is 5.28. The van der Waals surface area contributed by atoms with Crippen LogP contribution in [0.15, 0.2) is 18.2 Å². The van der Waals surface area contributed by atoms with E-state index in [0.29, 0.717) is 18.2 Å². The second-order valence-electron chi connectivity index (χ2n) is 4.66. The van der Waals surface area contributed by atoms with E-state index >= 15 is 0 Å². The second-order valence-corrected chi connectivity index (χ2v) is 4.66. The molecule has 1 aromatic rings. The lowest BCUT2D eigenvalue weighted by molar-refractivity contribution is 0.255. The van der Waals surface area contributed by atoms with Gasteiger partial charge in [0.1, 0.15) is 18.2 Å². The Kier molecular flexibility index (Phi) is 6.73. The van der Waals surface area contributed by atoms with Crippen LogP contribution in [-0.2, 0) is 0 Å². The van der Waals surface area contributed by atoms with Gasteiger partial charge >= 0.3 is 0 Å². The fourth-order valence-corrected chi connectivity index (χ4v) is 1.85. The molecule has 0 aliphatic rings. The molecule has 0 bridgehead atoms. The molecule has 1 N–H and O–H groups in total. The first-order chi connectivity index (χ1) is 8.67. The van der Waals surface area contributed by atoms with Crippen molar-refractivity contribution >= 4 is 0 Å². The number of benzene rings is 1. The minimum atomic E-state index is -0.184. The molecule has 0 amide bonds. The Balaban J connectivity index is 2.47. The molecule has 3 heteroatoms. The number of ether oxygens (including phenoxy) is 1. The van der Waals surface area contributed by atoms with Crippen LogP contribution in [0, 0.1) is 12.7 Å². The zero-order valence-corrected chi connectivity index (χ0v) is 11.6. The van der Waals surface area contributed by atoms with Gasteiger partial charge in [0.25, 0.3) is 0 Å². The number of hydrogen-bond acceptors (Lipinski definition) is 2. The van der Waals surface area contributed by atoms with Crippen molar-refractivity contribution in [1.29, 1.82) is 0 Å². The van der Waals surface area contributed by atoms with E-state index in [-0.39, 0.29) is 5.82 Å². The first-order valence-electron chi connectivity index (χ1n) is 6.79.